The van der Waals surface area contributed by atoms with Crippen molar-refractivity contribution in [3.8, 4) is 11.1 Å². The third kappa shape index (κ3) is 4.71. The summed E-state index contributed by atoms with van der Waals surface area (Å²) < 4.78 is 72.1. The number of anilines is 1. The topological polar surface area (TPSA) is 106 Å². The Hall–Kier alpha value is -4.06. The molecule has 0 bridgehead atoms. The molecule has 0 fully saturated rings. The van der Waals surface area contributed by atoms with Crippen molar-refractivity contribution in [1.29, 1.82) is 0 Å². The summed E-state index contributed by atoms with van der Waals surface area (Å²) in [6, 6.07) is 9.22. The molecule has 0 aliphatic carbocycles. The van der Waals surface area contributed by atoms with Gasteiger partial charge in [0.25, 0.3) is 12.3 Å². The molecule has 2 heterocycles. The highest BCUT2D eigenvalue weighted by atomic mass is 19.3. The van der Waals surface area contributed by atoms with Gasteiger partial charge in [0, 0.05) is 17.3 Å². The largest absolute Gasteiger partial charge is 0.382 e. The fourth-order valence-electron chi connectivity index (χ4n) is 3.73. The molecule has 188 valence electrons. The minimum atomic E-state index is -3.20. The van der Waals surface area contributed by atoms with E-state index in [2.05, 4.69) is 15.4 Å². The first-order chi connectivity index (χ1) is 17.0. The zero-order chi connectivity index (χ0) is 26.2. The number of rotatable bonds is 7. The van der Waals surface area contributed by atoms with Crippen LogP contribution in [0.4, 0.5) is 27.9 Å². The SMILES string of the molecule is CC(O)(c1ccc(F)cc1)C(F)CNC(=O)c1c(C(F)F)ccc(-c2ccn3nc(N)nc3c2)c1F. The van der Waals surface area contributed by atoms with Gasteiger partial charge >= 0.3 is 0 Å². The van der Waals surface area contributed by atoms with E-state index in [9.17, 15) is 27.5 Å². The average molecular weight is 505 g/mol. The Morgan fingerprint density at radius 2 is 1.83 bits per heavy atom. The minimum absolute atomic E-state index is 0.0246. The molecule has 0 saturated carbocycles. The van der Waals surface area contributed by atoms with Crippen LogP contribution in [0.2, 0.25) is 0 Å². The number of hydrogen-bond acceptors (Lipinski definition) is 5. The fraction of sp³-hybridized carbons (Fsp3) is 0.208. The van der Waals surface area contributed by atoms with Crippen LogP contribution in [0.25, 0.3) is 16.8 Å². The van der Waals surface area contributed by atoms with Crippen LogP contribution >= 0.6 is 0 Å². The van der Waals surface area contributed by atoms with Gasteiger partial charge in [-0.15, -0.1) is 5.10 Å². The predicted molar refractivity (Wildman–Crippen MR) is 121 cm³/mol. The second-order valence-electron chi connectivity index (χ2n) is 8.21. The van der Waals surface area contributed by atoms with Gasteiger partial charge in [0.2, 0.25) is 5.95 Å². The van der Waals surface area contributed by atoms with Crippen molar-refractivity contribution in [2.24, 2.45) is 0 Å². The van der Waals surface area contributed by atoms with Crippen molar-refractivity contribution >= 4 is 17.5 Å². The number of carbonyl (C=O) groups excluding carboxylic acids is 1. The number of nitrogens with one attached hydrogen (secondary N) is 1. The van der Waals surface area contributed by atoms with Crippen molar-refractivity contribution in [2.75, 3.05) is 12.3 Å². The number of pyridine rings is 1. The number of amides is 1. The molecule has 2 aromatic carbocycles. The number of alkyl halides is 3. The summed E-state index contributed by atoms with van der Waals surface area (Å²) in [5.74, 6) is -3.17. The Morgan fingerprint density at radius 1 is 1.14 bits per heavy atom. The van der Waals surface area contributed by atoms with Gasteiger partial charge in [-0.2, -0.15) is 4.98 Å². The summed E-state index contributed by atoms with van der Waals surface area (Å²) in [5.41, 5.74) is 1.86. The van der Waals surface area contributed by atoms with Crippen LogP contribution in [0.5, 0.6) is 0 Å². The number of nitrogens with zero attached hydrogens (tertiary/aromatic N) is 3. The molecule has 0 aliphatic heterocycles. The van der Waals surface area contributed by atoms with Crippen LogP contribution in [-0.2, 0) is 5.60 Å². The molecular weight excluding hydrogens is 485 g/mol. The van der Waals surface area contributed by atoms with Gasteiger partial charge in [0.1, 0.15) is 23.4 Å². The Morgan fingerprint density at radius 3 is 2.50 bits per heavy atom. The van der Waals surface area contributed by atoms with Gasteiger partial charge in [-0.1, -0.05) is 24.3 Å². The van der Waals surface area contributed by atoms with Crippen LogP contribution in [-0.4, -0.2) is 38.3 Å². The molecule has 7 nitrogen and oxygen atoms in total. The number of benzene rings is 2. The Bertz CT molecular complexity index is 1420. The summed E-state index contributed by atoms with van der Waals surface area (Å²) in [7, 11) is 0. The highest BCUT2D eigenvalue weighted by Gasteiger charge is 2.35. The smallest absolute Gasteiger partial charge is 0.264 e. The van der Waals surface area contributed by atoms with Crippen LogP contribution < -0.4 is 11.1 Å². The lowest BCUT2D eigenvalue weighted by Crippen LogP contribution is -2.42. The molecule has 1 amide bonds. The molecule has 0 radical (unpaired) electrons. The zero-order valence-electron chi connectivity index (χ0n) is 18.7. The first-order valence-corrected chi connectivity index (χ1v) is 10.6. The number of hydrogen-bond donors (Lipinski definition) is 3. The summed E-state index contributed by atoms with van der Waals surface area (Å²) in [6.07, 6.45) is -3.90. The van der Waals surface area contributed by atoms with E-state index in [1.807, 2.05) is 0 Å². The summed E-state index contributed by atoms with van der Waals surface area (Å²) >= 11 is 0. The predicted octanol–water partition coefficient (Wildman–Crippen LogP) is 4.17. The van der Waals surface area contributed by atoms with Crippen molar-refractivity contribution in [3.63, 3.8) is 0 Å². The number of nitrogens with two attached hydrogens (primary N) is 1. The van der Waals surface area contributed by atoms with E-state index in [-0.39, 0.29) is 28.3 Å². The van der Waals surface area contributed by atoms with Crippen molar-refractivity contribution < 1.29 is 31.9 Å². The molecular formula is C24H20F5N5O2. The number of aliphatic hydroxyl groups is 1. The molecule has 0 aliphatic rings. The molecule has 2 aromatic heterocycles. The van der Waals surface area contributed by atoms with Crippen molar-refractivity contribution in [3.05, 3.63) is 83.1 Å². The maximum atomic E-state index is 15.5. The second-order valence-corrected chi connectivity index (χ2v) is 8.21. The Kier molecular flexibility index (Phi) is 6.63. The van der Waals surface area contributed by atoms with Gasteiger partial charge in [-0.25, -0.2) is 26.5 Å². The van der Waals surface area contributed by atoms with Gasteiger partial charge in [-0.05, 0) is 42.3 Å². The molecule has 2 atom stereocenters. The second kappa shape index (κ2) is 9.53. The molecule has 4 rings (SSSR count). The van der Waals surface area contributed by atoms with Crippen molar-refractivity contribution in [2.45, 2.75) is 25.1 Å². The van der Waals surface area contributed by atoms with Crippen LogP contribution in [0, 0.1) is 11.6 Å². The normalized spacial score (nSPS) is 14.1. The van der Waals surface area contributed by atoms with E-state index >= 15 is 4.39 Å². The van der Waals surface area contributed by atoms with E-state index < -0.39 is 53.4 Å². The number of fused-ring (bicyclic) bond motifs is 1. The van der Waals surface area contributed by atoms with Gasteiger partial charge in [0.05, 0.1) is 12.1 Å². The van der Waals surface area contributed by atoms with Gasteiger partial charge in [-0.3, -0.25) is 4.79 Å². The van der Waals surface area contributed by atoms with Crippen LogP contribution in [0.3, 0.4) is 0 Å². The summed E-state index contributed by atoms with van der Waals surface area (Å²) in [4.78, 5) is 16.7. The number of aromatic nitrogens is 3. The summed E-state index contributed by atoms with van der Waals surface area (Å²) in [6.45, 7) is 0.275. The quantitative estimate of drug-likeness (QED) is 0.327. The third-order valence-corrected chi connectivity index (χ3v) is 5.78. The summed E-state index contributed by atoms with van der Waals surface area (Å²) in [5, 5.41) is 16.5. The monoisotopic (exact) mass is 505 g/mol. The maximum absolute atomic E-state index is 15.5. The average Bonchev–Trinajstić information content (AvgIpc) is 3.21. The Labute approximate surface area is 201 Å². The Balaban J connectivity index is 1.62. The lowest BCUT2D eigenvalue weighted by molar-refractivity contribution is -0.0230. The number of nitrogen functional groups attached to an aromatic ring is 1. The standard InChI is InChI=1S/C24H20F5N5O2/c1-24(36,13-2-4-14(25)5-3-13)17(26)11-31-22(35)19-16(21(28)29)7-6-15(20(19)27)12-8-9-34-18(10-12)32-23(30)33-34/h2-10,17,21,36H,11H2,1H3,(H2,30,33)(H,31,35). The first kappa shape index (κ1) is 25.0. The molecule has 2 unspecified atom stereocenters. The minimum Gasteiger partial charge on any atom is -0.382 e. The number of halogens is 5. The van der Waals surface area contributed by atoms with Crippen LogP contribution in [0.1, 0.15) is 34.8 Å². The molecule has 12 heteroatoms. The van der Waals surface area contributed by atoms with Gasteiger partial charge in [0.15, 0.2) is 5.65 Å². The highest BCUT2D eigenvalue weighted by molar-refractivity contribution is 5.97. The maximum Gasteiger partial charge on any atom is 0.264 e. The molecule has 0 saturated heterocycles. The van der Waals surface area contributed by atoms with E-state index in [4.69, 9.17) is 5.73 Å². The van der Waals surface area contributed by atoms with Crippen LogP contribution in [0.15, 0.2) is 54.7 Å². The molecule has 36 heavy (non-hydrogen) atoms. The lowest BCUT2D eigenvalue weighted by Gasteiger charge is -2.28. The van der Waals surface area contributed by atoms with Gasteiger partial charge < -0.3 is 16.2 Å². The van der Waals surface area contributed by atoms with E-state index in [0.717, 1.165) is 31.2 Å². The molecule has 4 N–H and O–H groups in total. The molecule has 0 spiro atoms. The fourth-order valence-corrected chi connectivity index (χ4v) is 3.73. The zero-order valence-corrected chi connectivity index (χ0v) is 18.7. The van der Waals surface area contributed by atoms with E-state index in [1.165, 1.54) is 35.0 Å². The van der Waals surface area contributed by atoms with E-state index in [1.54, 1.807) is 0 Å². The lowest BCUT2D eigenvalue weighted by atomic mass is 9.91. The highest BCUT2D eigenvalue weighted by Crippen LogP contribution is 2.33. The first-order valence-electron chi connectivity index (χ1n) is 10.6. The number of carbonyl (C=O) groups is 1. The molecule has 4 aromatic rings. The van der Waals surface area contributed by atoms with E-state index in [0.29, 0.717) is 0 Å². The van der Waals surface area contributed by atoms with Crippen molar-refractivity contribution in [1.82, 2.24) is 19.9 Å². The third-order valence-electron chi connectivity index (χ3n) is 5.78.